The molecule has 6 fully saturated rings. The van der Waals surface area contributed by atoms with E-state index in [0.717, 1.165) is 57.2 Å². The van der Waals surface area contributed by atoms with Crippen molar-refractivity contribution in [3.63, 3.8) is 0 Å². The molecule has 7 heteroatoms. The molecule has 3 saturated heterocycles. The summed E-state index contributed by atoms with van der Waals surface area (Å²) >= 11 is 0. The van der Waals surface area contributed by atoms with Gasteiger partial charge >= 0.3 is 7.12 Å². The summed E-state index contributed by atoms with van der Waals surface area (Å²) in [7, 11) is -0.395. The van der Waals surface area contributed by atoms with E-state index in [-0.39, 0.29) is 24.4 Å². The molecule has 0 aromatic rings. The minimum Gasteiger partial charge on any atom is -0.402 e. The van der Waals surface area contributed by atoms with E-state index in [1.54, 1.807) is 0 Å². The predicted octanol–water partition coefficient (Wildman–Crippen LogP) is 3.35. The zero-order valence-corrected chi connectivity index (χ0v) is 17.6. The second-order valence-corrected chi connectivity index (χ2v) is 9.63. The van der Waals surface area contributed by atoms with Crippen LogP contribution in [0.15, 0.2) is 0 Å². The lowest BCUT2D eigenvalue weighted by atomic mass is 9.71. The van der Waals surface area contributed by atoms with E-state index < -0.39 is 18.7 Å². The van der Waals surface area contributed by atoms with Crippen molar-refractivity contribution in [3.8, 4) is 0 Å². The summed E-state index contributed by atoms with van der Waals surface area (Å²) in [6.45, 7) is 1.11. The Morgan fingerprint density at radius 1 is 0.667 bits per heavy atom. The smallest absolute Gasteiger partial charge is 0.402 e. The minimum absolute atomic E-state index is 0.139. The van der Waals surface area contributed by atoms with Gasteiger partial charge in [-0.25, -0.2) is 0 Å². The van der Waals surface area contributed by atoms with E-state index >= 15 is 0 Å². The highest BCUT2D eigenvalue weighted by atomic mass is 16.8. The Morgan fingerprint density at radius 3 is 1.60 bits per heavy atom. The summed E-state index contributed by atoms with van der Waals surface area (Å²) in [5.74, 6) is 0.194. The first-order valence-electron chi connectivity index (χ1n) is 11.9. The van der Waals surface area contributed by atoms with Crippen LogP contribution in [-0.2, 0) is 28.3 Å². The SMILES string of the molecule is [CH]1[CH][CH][C](B2O[C@@H](C3COC4(CCCCC4)O3)[C@H](C3COC4(CCCCC4)O3)O2)[CH]1. The van der Waals surface area contributed by atoms with Gasteiger partial charge in [-0.3, -0.25) is 0 Å². The van der Waals surface area contributed by atoms with Crippen LogP contribution in [0.25, 0.3) is 0 Å². The van der Waals surface area contributed by atoms with E-state index in [0.29, 0.717) is 13.2 Å². The van der Waals surface area contributed by atoms with Crippen LogP contribution < -0.4 is 0 Å². The number of hydrogen-bond donors (Lipinski definition) is 0. The van der Waals surface area contributed by atoms with Gasteiger partial charge in [-0.1, -0.05) is 12.8 Å². The van der Waals surface area contributed by atoms with Crippen LogP contribution in [0, 0.1) is 31.5 Å². The van der Waals surface area contributed by atoms with Gasteiger partial charge in [-0.15, -0.1) is 0 Å². The van der Waals surface area contributed by atoms with Crippen LogP contribution in [-0.4, -0.2) is 56.3 Å². The summed E-state index contributed by atoms with van der Waals surface area (Å²) in [5, 5.41) is 0. The van der Waals surface area contributed by atoms with Crippen molar-refractivity contribution < 1.29 is 28.3 Å². The quantitative estimate of drug-likeness (QED) is 0.659. The van der Waals surface area contributed by atoms with Crippen molar-refractivity contribution in [1.82, 2.24) is 0 Å². The molecule has 0 amide bonds. The van der Waals surface area contributed by atoms with E-state index in [1.807, 2.05) is 25.7 Å². The van der Waals surface area contributed by atoms with Crippen molar-refractivity contribution >= 4 is 7.12 Å². The molecule has 0 N–H and O–H groups in total. The molecule has 6 rings (SSSR count). The summed E-state index contributed by atoms with van der Waals surface area (Å²) in [4.78, 5) is 0. The Bertz CT molecular complexity index is 555. The lowest BCUT2D eigenvalue weighted by Gasteiger charge is -2.34. The molecule has 3 saturated carbocycles. The first-order chi connectivity index (χ1) is 14.7. The Morgan fingerprint density at radius 2 is 1.13 bits per heavy atom. The Balaban J connectivity index is 1.18. The molecule has 2 unspecified atom stereocenters. The van der Waals surface area contributed by atoms with Crippen LogP contribution in [0.4, 0.5) is 0 Å². The maximum Gasteiger partial charge on any atom is 0.465 e. The highest BCUT2D eigenvalue weighted by Gasteiger charge is 2.57. The highest BCUT2D eigenvalue weighted by Crippen LogP contribution is 2.45. The Kier molecular flexibility index (Phi) is 5.66. The van der Waals surface area contributed by atoms with Gasteiger partial charge in [-0.05, 0) is 51.4 Å². The zero-order chi connectivity index (χ0) is 20.0. The molecule has 30 heavy (non-hydrogen) atoms. The monoisotopic (exact) mass is 415 g/mol. The average Bonchev–Trinajstić information content (AvgIpc) is 3.56. The topological polar surface area (TPSA) is 55.4 Å². The summed E-state index contributed by atoms with van der Waals surface area (Å²) in [5.41, 5.74) is 0. The first-order valence-corrected chi connectivity index (χ1v) is 11.9. The third-order valence-electron chi connectivity index (χ3n) is 7.56. The second kappa shape index (κ2) is 8.31. The standard InChI is InChI=1S/C23H32BO6/c1-5-11-22(12-6-1)25-15-18(27-22)20-21(30-24(29-20)17-9-3-4-10-17)19-16-26-23(28-19)13-7-2-8-14-23/h3-4,9-10,18-21H,1-2,5-8,11-16H2/t18?,19?,20-,21-/m0/s1. The van der Waals surface area contributed by atoms with Crippen LogP contribution in [0.2, 0.25) is 0 Å². The third kappa shape index (κ3) is 3.78. The molecule has 0 aromatic heterocycles. The van der Waals surface area contributed by atoms with Crippen LogP contribution in [0.5, 0.6) is 0 Å². The summed E-state index contributed by atoms with van der Waals surface area (Å²) < 4.78 is 38.5. The molecule has 4 atom stereocenters. The van der Waals surface area contributed by atoms with Gasteiger partial charge in [0.1, 0.15) is 12.2 Å². The van der Waals surface area contributed by atoms with E-state index in [9.17, 15) is 0 Å². The molecule has 163 valence electrons. The summed E-state index contributed by atoms with van der Waals surface area (Å²) in [6.07, 6.45) is 18.5. The van der Waals surface area contributed by atoms with Crippen LogP contribution in [0.1, 0.15) is 64.2 Å². The molecule has 3 aliphatic heterocycles. The fraction of sp³-hybridized carbons (Fsp3) is 0.783. The molecule has 2 spiro atoms. The van der Waals surface area contributed by atoms with Crippen molar-refractivity contribution in [2.45, 2.75) is 100 Å². The van der Waals surface area contributed by atoms with Gasteiger partial charge < -0.3 is 28.3 Å². The van der Waals surface area contributed by atoms with Crippen LogP contribution in [0.3, 0.4) is 0 Å². The number of hydrogen-bond acceptors (Lipinski definition) is 6. The van der Waals surface area contributed by atoms with E-state index in [2.05, 4.69) is 0 Å². The van der Waals surface area contributed by atoms with Crippen molar-refractivity contribution in [2.75, 3.05) is 13.2 Å². The maximum absolute atomic E-state index is 6.54. The van der Waals surface area contributed by atoms with Gasteiger partial charge in [0.2, 0.25) is 0 Å². The molecule has 3 heterocycles. The fourth-order valence-electron chi connectivity index (χ4n) is 5.96. The summed E-state index contributed by atoms with van der Waals surface area (Å²) in [6, 6.07) is 0. The Hall–Kier alpha value is -0.175. The third-order valence-corrected chi connectivity index (χ3v) is 7.56. The van der Waals surface area contributed by atoms with Gasteiger partial charge in [0.15, 0.2) is 11.6 Å². The minimum atomic E-state index is -0.424. The first kappa shape index (κ1) is 20.4. The van der Waals surface area contributed by atoms with Crippen molar-refractivity contribution in [1.29, 1.82) is 0 Å². The zero-order valence-electron chi connectivity index (χ0n) is 17.6. The van der Waals surface area contributed by atoms with Gasteiger partial charge in [0.05, 0.1) is 25.4 Å². The molecule has 0 bridgehead atoms. The van der Waals surface area contributed by atoms with Gasteiger partial charge in [0.25, 0.3) is 0 Å². The lowest BCUT2D eigenvalue weighted by Crippen LogP contribution is -2.46. The van der Waals surface area contributed by atoms with E-state index in [1.165, 1.54) is 12.8 Å². The molecular weight excluding hydrogens is 383 g/mol. The van der Waals surface area contributed by atoms with Crippen molar-refractivity contribution in [3.05, 3.63) is 31.5 Å². The Labute approximate surface area is 180 Å². The lowest BCUT2D eigenvalue weighted by molar-refractivity contribution is -0.206. The molecule has 6 nitrogen and oxygen atoms in total. The molecule has 0 aromatic carbocycles. The second-order valence-electron chi connectivity index (χ2n) is 9.63. The highest BCUT2D eigenvalue weighted by molar-refractivity contribution is 6.54. The maximum atomic E-state index is 6.54. The van der Waals surface area contributed by atoms with Gasteiger partial charge in [-0.2, -0.15) is 0 Å². The molecule has 3 aliphatic carbocycles. The van der Waals surface area contributed by atoms with E-state index in [4.69, 9.17) is 28.3 Å². The largest absolute Gasteiger partial charge is 0.465 e. The predicted molar refractivity (Wildman–Crippen MR) is 109 cm³/mol. The molecule has 6 aliphatic rings. The molecular formula is C23H32BO6. The normalized spacial score (nSPS) is 41.4. The number of ether oxygens (including phenoxy) is 4. The average molecular weight is 415 g/mol. The number of rotatable bonds is 3. The van der Waals surface area contributed by atoms with Crippen LogP contribution >= 0.6 is 0 Å². The molecule has 5 radical (unpaired) electrons. The fourth-order valence-corrected chi connectivity index (χ4v) is 5.96. The van der Waals surface area contributed by atoms with Gasteiger partial charge in [0, 0.05) is 31.5 Å². The van der Waals surface area contributed by atoms with Crippen molar-refractivity contribution in [2.24, 2.45) is 0 Å².